The van der Waals surface area contributed by atoms with E-state index in [2.05, 4.69) is 13.8 Å². The summed E-state index contributed by atoms with van der Waals surface area (Å²) < 4.78 is 5.78. The summed E-state index contributed by atoms with van der Waals surface area (Å²) in [5.41, 5.74) is -2.46. The van der Waals surface area contributed by atoms with Gasteiger partial charge in [-0.15, -0.1) is 0 Å². The molecule has 0 aromatic heterocycles. The number of epoxide rings is 1. The molecule has 7 atom stereocenters. The zero-order valence-electron chi connectivity index (χ0n) is 11.8. The van der Waals surface area contributed by atoms with E-state index < -0.39 is 23.3 Å². The van der Waals surface area contributed by atoms with Crippen molar-refractivity contribution < 1.29 is 19.7 Å². The Balaban J connectivity index is 1.94. The molecule has 3 aliphatic carbocycles. The van der Waals surface area contributed by atoms with E-state index in [1.165, 1.54) is 0 Å². The van der Waals surface area contributed by atoms with Crippen LogP contribution in [0.5, 0.6) is 0 Å². The minimum absolute atomic E-state index is 0.142. The monoisotopic (exact) mass is 266 g/mol. The molecule has 1 aliphatic heterocycles. The minimum Gasteiger partial charge on any atom is -0.479 e. The average Bonchev–Trinajstić information content (AvgIpc) is 2.63. The van der Waals surface area contributed by atoms with Gasteiger partial charge in [-0.3, -0.25) is 0 Å². The lowest BCUT2D eigenvalue weighted by Crippen LogP contribution is -2.47. The topological polar surface area (TPSA) is 70.1 Å². The van der Waals surface area contributed by atoms with Crippen LogP contribution in [0.15, 0.2) is 0 Å². The summed E-state index contributed by atoms with van der Waals surface area (Å²) >= 11 is 0. The Morgan fingerprint density at radius 3 is 2.58 bits per heavy atom. The highest BCUT2D eigenvalue weighted by atomic mass is 16.7. The summed E-state index contributed by atoms with van der Waals surface area (Å²) in [5.74, 6) is 0.131. The first-order chi connectivity index (χ1) is 8.78. The fourth-order valence-corrected chi connectivity index (χ4v) is 6.61. The first kappa shape index (κ1) is 12.2. The molecule has 0 aromatic rings. The normalized spacial score (nSPS) is 65.6. The molecule has 1 spiro atoms. The van der Waals surface area contributed by atoms with Crippen LogP contribution >= 0.6 is 0 Å². The van der Waals surface area contributed by atoms with Gasteiger partial charge in [0.25, 0.3) is 0 Å². The first-order valence-electron chi connectivity index (χ1n) is 7.39. The predicted octanol–water partition coefficient (Wildman–Crippen LogP) is 1.81. The summed E-state index contributed by atoms with van der Waals surface area (Å²) in [5, 5.41) is 20.4. The van der Waals surface area contributed by atoms with Gasteiger partial charge in [0.1, 0.15) is 11.7 Å². The Hall–Kier alpha value is -0.610. The van der Waals surface area contributed by atoms with E-state index in [1.807, 2.05) is 6.92 Å². The molecule has 1 heterocycles. The molecule has 3 saturated carbocycles. The van der Waals surface area contributed by atoms with Crippen LogP contribution in [0, 0.1) is 22.7 Å². The Morgan fingerprint density at radius 2 is 1.95 bits per heavy atom. The Bertz CT molecular complexity index is 491. The molecule has 0 radical (unpaired) electrons. The fourth-order valence-electron chi connectivity index (χ4n) is 6.61. The fraction of sp³-hybridized carbons (Fsp3) is 0.933. The van der Waals surface area contributed by atoms with E-state index in [1.54, 1.807) is 0 Å². The van der Waals surface area contributed by atoms with Gasteiger partial charge in [0.05, 0.1) is 0 Å². The molecule has 0 amide bonds. The van der Waals surface area contributed by atoms with Gasteiger partial charge in [-0.1, -0.05) is 13.8 Å². The van der Waals surface area contributed by atoms with Gasteiger partial charge in [-0.2, -0.15) is 0 Å². The summed E-state index contributed by atoms with van der Waals surface area (Å²) in [7, 11) is 0. The highest BCUT2D eigenvalue weighted by Crippen LogP contribution is 2.84. The molecule has 4 fully saturated rings. The van der Waals surface area contributed by atoms with Crippen LogP contribution in [0.2, 0.25) is 0 Å². The Kier molecular flexibility index (Phi) is 1.83. The third kappa shape index (κ3) is 0.831. The van der Waals surface area contributed by atoms with Crippen LogP contribution in [0.1, 0.15) is 46.5 Å². The maximum absolute atomic E-state index is 11.7. The molecule has 4 rings (SSSR count). The van der Waals surface area contributed by atoms with E-state index >= 15 is 0 Å². The third-order valence-electron chi connectivity index (χ3n) is 7.50. The van der Waals surface area contributed by atoms with Crippen LogP contribution in [0.25, 0.3) is 0 Å². The average molecular weight is 266 g/mol. The highest BCUT2D eigenvalue weighted by Gasteiger charge is 2.96. The van der Waals surface area contributed by atoms with Gasteiger partial charge in [-0.05, 0) is 44.4 Å². The van der Waals surface area contributed by atoms with Gasteiger partial charge in [-0.25, -0.2) is 4.79 Å². The lowest BCUT2D eigenvalue weighted by atomic mass is 9.61. The molecule has 19 heavy (non-hydrogen) atoms. The van der Waals surface area contributed by atoms with Gasteiger partial charge in [0.15, 0.2) is 0 Å². The number of aliphatic hydroxyl groups is 1. The van der Waals surface area contributed by atoms with Gasteiger partial charge in [0, 0.05) is 10.8 Å². The van der Waals surface area contributed by atoms with Gasteiger partial charge < -0.3 is 14.9 Å². The molecule has 4 heteroatoms. The molecule has 4 aliphatic rings. The minimum atomic E-state index is -1.34. The standard InChI is InChI=1S/C15H22O4/c1-8-4-7-14-9(8)5-6-12(14,2)10(16)15(11(17)18)13(14,3)19-15/h8-10,16H,4-7H2,1-3H3,(H,17,18)/t8-,9+,10-,12+,13-,14+,15-/m1/s1. The van der Waals surface area contributed by atoms with E-state index in [9.17, 15) is 15.0 Å². The van der Waals surface area contributed by atoms with Crippen molar-refractivity contribution in [2.75, 3.05) is 0 Å². The lowest BCUT2D eigenvalue weighted by molar-refractivity contribution is -0.155. The van der Waals surface area contributed by atoms with Crippen molar-refractivity contribution >= 4 is 5.97 Å². The number of aliphatic carboxylic acids is 1. The third-order valence-corrected chi connectivity index (χ3v) is 7.50. The van der Waals surface area contributed by atoms with Crippen molar-refractivity contribution in [1.29, 1.82) is 0 Å². The van der Waals surface area contributed by atoms with Crippen molar-refractivity contribution in [3.63, 3.8) is 0 Å². The van der Waals surface area contributed by atoms with Crippen LogP contribution in [0.3, 0.4) is 0 Å². The quantitative estimate of drug-likeness (QED) is 0.710. The highest BCUT2D eigenvalue weighted by molar-refractivity contribution is 5.86. The van der Waals surface area contributed by atoms with E-state index in [-0.39, 0.29) is 10.8 Å². The Morgan fingerprint density at radius 1 is 1.26 bits per heavy atom. The number of aliphatic hydroxyl groups excluding tert-OH is 1. The second-order valence-corrected chi connectivity index (χ2v) is 7.63. The number of hydrogen-bond donors (Lipinski definition) is 2. The second-order valence-electron chi connectivity index (χ2n) is 7.63. The largest absolute Gasteiger partial charge is 0.479 e. The summed E-state index contributed by atoms with van der Waals surface area (Å²) in [6, 6.07) is 0. The summed E-state index contributed by atoms with van der Waals surface area (Å²) in [6.45, 7) is 6.30. The van der Waals surface area contributed by atoms with Crippen molar-refractivity contribution in [3.05, 3.63) is 0 Å². The van der Waals surface area contributed by atoms with E-state index in [0.717, 1.165) is 25.7 Å². The van der Waals surface area contributed by atoms with E-state index in [0.29, 0.717) is 11.8 Å². The number of carboxylic acids is 1. The van der Waals surface area contributed by atoms with Crippen LogP contribution in [-0.2, 0) is 9.53 Å². The van der Waals surface area contributed by atoms with Gasteiger partial charge >= 0.3 is 5.97 Å². The maximum Gasteiger partial charge on any atom is 0.341 e. The number of fused-ring (bicyclic) bond motifs is 1. The molecule has 4 nitrogen and oxygen atoms in total. The SMILES string of the molecule is C[C@@H]1CC[C@]23[C@H]1CC[C@@]2(C)[C@@H](O)[C@]1(C(=O)O)O[C@]31C. The molecular weight excluding hydrogens is 244 g/mol. The van der Waals surface area contributed by atoms with Crippen LogP contribution < -0.4 is 0 Å². The smallest absolute Gasteiger partial charge is 0.341 e. The van der Waals surface area contributed by atoms with Crippen molar-refractivity contribution in [1.82, 2.24) is 0 Å². The van der Waals surface area contributed by atoms with Crippen molar-refractivity contribution in [3.8, 4) is 0 Å². The van der Waals surface area contributed by atoms with Crippen LogP contribution in [0.4, 0.5) is 0 Å². The van der Waals surface area contributed by atoms with Crippen LogP contribution in [-0.4, -0.2) is 33.5 Å². The molecule has 0 bridgehead atoms. The molecule has 106 valence electrons. The number of carbonyl (C=O) groups is 1. The maximum atomic E-state index is 11.7. The predicted molar refractivity (Wildman–Crippen MR) is 67.5 cm³/mol. The van der Waals surface area contributed by atoms with Crippen molar-refractivity contribution in [2.45, 2.75) is 63.8 Å². The number of rotatable bonds is 1. The molecule has 0 unspecified atom stereocenters. The lowest BCUT2D eigenvalue weighted by Gasteiger charge is -2.45. The number of hydrogen-bond acceptors (Lipinski definition) is 3. The first-order valence-corrected chi connectivity index (χ1v) is 7.39. The van der Waals surface area contributed by atoms with Crippen molar-refractivity contribution in [2.24, 2.45) is 22.7 Å². The molecule has 1 saturated heterocycles. The zero-order chi connectivity index (χ0) is 13.8. The molecule has 2 N–H and O–H groups in total. The summed E-state index contributed by atoms with van der Waals surface area (Å²) in [6.07, 6.45) is 3.28. The van der Waals surface area contributed by atoms with E-state index in [4.69, 9.17) is 4.74 Å². The molecular formula is C15H22O4. The van der Waals surface area contributed by atoms with Gasteiger partial charge in [0.2, 0.25) is 5.60 Å². The number of ether oxygens (including phenoxy) is 1. The summed E-state index contributed by atoms with van der Waals surface area (Å²) in [4.78, 5) is 11.7. The number of carboxylic acid groups (broad SMARTS) is 1. The Labute approximate surface area is 113 Å². The second kappa shape index (κ2) is 2.86. The zero-order valence-corrected chi connectivity index (χ0v) is 11.8. The molecule has 0 aromatic carbocycles.